The van der Waals surface area contributed by atoms with Gasteiger partial charge in [-0.05, 0) is 40.8 Å². The van der Waals surface area contributed by atoms with Gasteiger partial charge in [-0.25, -0.2) is 22.0 Å². The molecule has 1 amide bonds. The second-order valence-electron chi connectivity index (χ2n) is 5.82. The van der Waals surface area contributed by atoms with Crippen molar-refractivity contribution in [3.05, 3.63) is 61.4 Å². The van der Waals surface area contributed by atoms with Crippen LogP contribution in [0.4, 0.5) is 27.6 Å². The van der Waals surface area contributed by atoms with E-state index in [1.54, 1.807) is 18.2 Å². The van der Waals surface area contributed by atoms with Crippen LogP contribution in [0.3, 0.4) is 0 Å². The summed E-state index contributed by atoms with van der Waals surface area (Å²) in [6.07, 6.45) is 0. The van der Waals surface area contributed by atoms with E-state index >= 15 is 0 Å². The van der Waals surface area contributed by atoms with Crippen LogP contribution in [-0.2, 0) is 0 Å². The topological polar surface area (TPSA) is 23.6 Å². The van der Waals surface area contributed by atoms with Gasteiger partial charge in [0.05, 0.1) is 10.6 Å². The van der Waals surface area contributed by atoms with E-state index in [0.29, 0.717) is 0 Å². The molecule has 3 nitrogen and oxygen atoms in total. The van der Waals surface area contributed by atoms with Crippen molar-refractivity contribution >= 4 is 45.8 Å². The Morgan fingerprint density at radius 2 is 1.41 bits per heavy atom. The van der Waals surface area contributed by atoms with Gasteiger partial charge in [0.25, 0.3) is 5.91 Å². The predicted molar refractivity (Wildman–Crippen MR) is 98.5 cm³/mol. The van der Waals surface area contributed by atoms with E-state index in [4.69, 9.17) is 11.6 Å². The summed E-state index contributed by atoms with van der Waals surface area (Å²) < 4.78 is 68.7. The van der Waals surface area contributed by atoms with E-state index in [1.165, 1.54) is 4.90 Å². The first-order valence-corrected chi connectivity index (χ1v) is 9.18. The molecule has 1 fully saturated rings. The minimum Gasteiger partial charge on any atom is -0.363 e. The molecule has 0 unspecified atom stereocenters. The molecule has 27 heavy (non-hydrogen) atoms. The molecule has 0 bridgehead atoms. The zero-order valence-corrected chi connectivity index (χ0v) is 16.4. The van der Waals surface area contributed by atoms with Gasteiger partial charge in [-0.15, -0.1) is 0 Å². The average Bonchev–Trinajstić information content (AvgIpc) is 2.67. The van der Waals surface area contributed by atoms with E-state index in [1.807, 2.05) is 22.6 Å². The number of nitrogens with zero attached hydrogens (tertiary/aromatic N) is 2. The predicted octanol–water partition coefficient (Wildman–Crippen LogP) is 4.60. The summed E-state index contributed by atoms with van der Waals surface area (Å²) in [5.74, 6) is -10.3. The highest BCUT2D eigenvalue weighted by molar-refractivity contribution is 14.1. The quantitative estimate of drug-likeness (QED) is 0.252. The Labute approximate surface area is 169 Å². The van der Waals surface area contributed by atoms with E-state index in [2.05, 4.69) is 0 Å². The fraction of sp³-hybridized carbons (Fsp3) is 0.235. The summed E-state index contributed by atoms with van der Waals surface area (Å²) in [4.78, 5) is 15.1. The number of amides is 1. The summed E-state index contributed by atoms with van der Waals surface area (Å²) in [6.45, 7) is -0.0997. The lowest BCUT2D eigenvalue weighted by Crippen LogP contribution is -2.49. The molecule has 0 atom stereocenters. The highest BCUT2D eigenvalue weighted by Crippen LogP contribution is 2.31. The van der Waals surface area contributed by atoms with Crippen molar-refractivity contribution in [2.45, 2.75) is 0 Å². The Hall–Kier alpha value is -1.62. The molecule has 1 saturated heterocycles. The van der Waals surface area contributed by atoms with Crippen molar-refractivity contribution < 1.29 is 26.7 Å². The standard InChI is InChI=1S/C17H11ClF5IN2O/c18-10-2-1-8(24)7-9(10)17(27)26-5-3-25(4-6-26)16-14(22)12(20)11(19)13(21)15(16)23/h1-2,7H,3-6H2. The molecule has 0 aromatic heterocycles. The number of piperazine rings is 1. The van der Waals surface area contributed by atoms with Crippen LogP contribution in [-0.4, -0.2) is 37.0 Å². The van der Waals surface area contributed by atoms with Gasteiger partial charge < -0.3 is 9.80 Å². The fourth-order valence-corrected chi connectivity index (χ4v) is 3.53. The Bertz CT molecular complexity index is 890. The highest BCUT2D eigenvalue weighted by Gasteiger charge is 2.32. The maximum atomic E-state index is 13.9. The fourth-order valence-electron chi connectivity index (χ4n) is 2.84. The zero-order chi connectivity index (χ0) is 19.9. The average molecular weight is 517 g/mol. The summed E-state index contributed by atoms with van der Waals surface area (Å²) >= 11 is 8.08. The normalized spacial score (nSPS) is 14.6. The number of carbonyl (C=O) groups is 1. The number of carbonyl (C=O) groups excluding carboxylic acids is 1. The molecular weight excluding hydrogens is 506 g/mol. The molecule has 0 N–H and O–H groups in total. The van der Waals surface area contributed by atoms with Gasteiger partial charge in [-0.3, -0.25) is 4.79 Å². The maximum Gasteiger partial charge on any atom is 0.255 e. The third-order valence-corrected chi connectivity index (χ3v) is 5.23. The van der Waals surface area contributed by atoms with Crippen LogP contribution in [0.25, 0.3) is 0 Å². The number of anilines is 1. The molecule has 1 heterocycles. The second kappa shape index (κ2) is 7.78. The van der Waals surface area contributed by atoms with Crippen molar-refractivity contribution in [2.75, 3.05) is 31.1 Å². The van der Waals surface area contributed by atoms with Crippen LogP contribution >= 0.6 is 34.2 Å². The zero-order valence-electron chi connectivity index (χ0n) is 13.5. The minimum absolute atomic E-state index is 0.0418. The Morgan fingerprint density at radius 3 is 1.96 bits per heavy atom. The number of halogens is 7. The lowest BCUT2D eigenvalue weighted by molar-refractivity contribution is 0.0746. The van der Waals surface area contributed by atoms with Gasteiger partial charge in [-0.1, -0.05) is 11.6 Å². The molecule has 2 aromatic carbocycles. The first-order chi connectivity index (χ1) is 12.7. The van der Waals surface area contributed by atoms with Crippen molar-refractivity contribution in [3.63, 3.8) is 0 Å². The molecule has 1 aliphatic heterocycles. The lowest BCUT2D eigenvalue weighted by Gasteiger charge is -2.36. The van der Waals surface area contributed by atoms with Crippen molar-refractivity contribution in [3.8, 4) is 0 Å². The monoisotopic (exact) mass is 516 g/mol. The summed E-state index contributed by atoms with van der Waals surface area (Å²) in [5, 5.41) is 0.266. The van der Waals surface area contributed by atoms with Crippen molar-refractivity contribution in [1.29, 1.82) is 0 Å². The van der Waals surface area contributed by atoms with E-state index in [0.717, 1.165) is 8.47 Å². The molecule has 0 saturated carbocycles. The summed E-state index contributed by atoms with van der Waals surface area (Å²) in [7, 11) is 0. The summed E-state index contributed by atoms with van der Waals surface area (Å²) in [6, 6.07) is 4.93. The second-order valence-corrected chi connectivity index (χ2v) is 7.47. The minimum atomic E-state index is -2.20. The van der Waals surface area contributed by atoms with Gasteiger partial charge in [0.1, 0.15) is 5.69 Å². The van der Waals surface area contributed by atoms with Crippen molar-refractivity contribution in [1.82, 2.24) is 4.90 Å². The lowest BCUT2D eigenvalue weighted by atomic mass is 10.1. The Morgan fingerprint density at radius 1 is 0.889 bits per heavy atom. The Kier molecular flexibility index (Phi) is 5.80. The number of hydrogen-bond donors (Lipinski definition) is 0. The first-order valence-electron chi connectivity index (χ1n) is 7.73. The first kappa shape index (κ1) is 20.1. The molecule has 0 spiro atoms. The molecule has 0 radical (unpaired) electrons. The number of hydrogen-bond acceptors (Lipinski definition) is 2. The smallest absolute Gasteiger partial charge is 0.255 e. The van der Waals surface area contributed by atoms with Crippen molar-refractivity contribution in [2.24, 2.45) is 0 Å². The third-order valence-electron chi connectivity index (χ3n) is 4.23. The van der Waals surface area contributed by atoms with Gasteiger partial charge in [0.15, 0.2) is 23.3 Å². The van der Waals surface area contributed by atoms with Crippen LogP contribution < -0.4 is 4.90 Å². The molecule has 144 valence electrons. The third kappa shape index (κ3) is 3.71. The molecule has 1 aliphatic rings. The molecule has 2 aromatic rings. The van der Waals surface area contributed by atoms with Crippen LogP contribution in [0.15, 0.2) is 18.2 Å². The van der Waals surface area contributed by atoms with E-state index < -0.39 is 34.8 Å². The van der Waals surface area contributed by atoms with Crippen LogP contribution in [0.1, 0.15) is 10.4 Å². The van der Waals surface area contributed by atoms with Crippen LogP contribution in [0.2, 0.25) is 5.02 Å². The van der Waals surface area contributed by atoms with Gasteiger partial charge in [-0.2, -0.15) is 0 Å². The van der Waals surface area contributed by atoms with Crippen LogP contribution in [0.5, 0.6) is 0 Å². The number of rotatable bonds is 2. The van der Waals surface area contributed by atoms with E-state index in [9.17, 15) is 26.7 Å². The van der Waals surface area contributed by atoms with E-state index in [-0.39, 0.29) is 42.7 Å². The SMILES string of the molecule is O=C(c1cc(I)ccc1Cl)N1CCN(c2c(F)c(F)c(F)c(F)c2F)CC1. The summed E-state index contributed by atoms with van der Waals surface area (Å²) in [5.41, 5.74) is -0.695. The van der Waals surface area contributed by atoms with Gasteiger partial charge >= 0.3 is 0 Å². The largest absolute Gasteiger partial charge is 0.363 e. The molecule has 0 aliphatic carbocycles. The molecular formula is C17H11ClF5IN2O. The van der Waals surface area contributed by atoms with Gasteiger partial charge in [0, 0.05) is 29.7 Å². The molecule has 3 rings (SSSR count). The molecule has 10 heteroatoms. The Balaban J connectivity index is 1.80. The maximum absolute atomic E-state index is 13.9. The number of benzene rings is 2. The van der Waals surface area contributed by atoms with Crippen LogP contribution in [0, 0.1) is 32.7 Å². The van der Waals surface area contributed by atoms with Gasteiger partial charge in [0.2, 0.25) is 5.82 Å². The highest BCUT2D eigenvalue weighted by atomic mass is 127.